The van der Waals surface area contributed by atoms with Crippen molar-refractivity contribution in [3.05, 3.63) is 64.7 Å². The lowest BCUT2D eigenvalue weighted by molar-refractivity contribution is 0.620. The molecule has 2 rings (SSSR count). The second kappa shape index (κ2) is 5.27. The highest BCUT2D eigenvalue weighted by Crippen LogP contribution is 2.19. The first-order chi connectivity index (χ1) is 8.56. The van der Waals surface area contributed by atoms with Gasteiger partial charge in [0.1, 0.15) is 5.82 Å². The van der Waals surface area contributed by atoms with E-state index in [0.717, 1.165) is 22.3 Å². The third-order valence-electron chi connectivity index (χ3n) is 3.08. The molecule has 1 aromatic carbocycles. The molecule has 0 amide bonds. The summed E-state index contributed by atoms with van der Waals surface area (Å²) < 4.78 is 13.2. The van der Waals surface area contributed by atoms with Gasteiger partial charge in [0.15, 0.2) is 0 Å². The van der Waals surface area contributed by atoms with Crippen LogP contribution in [0.2, 0.25) is 0 Å². The van der Waals surface area contributed by atoms with Crippen molar-refractivity contribution in [2.24, 2.45) is 5.73 Å². The largest absolute Gasteiger partial charge is 0.324 e. The Labute approximate surface area is 107 Å². The number of nitrogens with two attached hydrogens (primary N) is 1. The van der Waals surface area contributed by atoms with Crippen molar-refractivity contribution >= 4 is 0 Å². The second-order valence-corrected chi connectivity index (χ2v) is 4.68. The summed E-state index contributed by atoms with van der Waals surface area (Å²) in [6.45, 7) is 3.95. The van der Waals surface area contributed by atoms with Crippen molar-refractivity contribution in [2.45, 2.75) is 26.3 Å². The Kier molecular flexibility index (Phi) is 3.72. The molecule has 2 N–H and O–H groups in total. The number of hydrogen-bond donors (Lipinski definition) is 1. The average molecular weight is 244 g/mol. The molecule has 18 heavy (non-hydrogen) atoms. The van der Waals surface area contributed by atoms with Crippen molar-refractivity contribution in [1.29, 1.82) is 0 Å². The van der Waals surface area contributed by atoms with Gasteiger partial charge in [-0.2, -0.15) is 0 Å². The molecule has 94 valence electrons. The molecule has 1 atom stereocenters. The topological polar surface area (TPSA) is 38.9 Å². The summed E-state index contributed by atoms with van der Waals surface area (Å²) in [5.74, 6) is -0.217. The van der Waals surface area contributed by atoms with Gasteiger partial charge < -0.3 is 5.73 Å². The predicted molar refractivity (Wildman–Crippen MR) is 70.7 cm³/mol. The van der Waals surface area contributed by atoms with Crippen molar-refractivity contribution < 1.29 is 4.39 Å². The van der Waals surface area contributed by atoms with E-state index >= 15 is 0 Å². The van der Waals surface area contributed by atoms with Crippen LogP contribution in [-0.4, -0.2) is 4.98 Å². The normalized spacial score (nSPS) is 12.4. The molecule has 0 radical (unpaired) electrons. The van der Waals surface area contributed by atoms with Crippen LogP contribution in [0.15, 0.2) is 36.7 Å². The van der Waals surface area contributed by atoms with Gasteiger partial charge in [0, 0.05) is 18.4 Å². The molecule has 3 heteroatoms. The van der Waals surface area contributed by atoms with Gasteiger partial charge in [0.2, 0.25) is 0 Å². The Balaban J connectivity index is 2.21. The molecule has 1 unspecified atom stereocenters. The Morgan fingerprint density at radius 2 is 2.00 bits per heavy atom. The zero-order chi connectivity index (χ0) is 13.1. The number of halogens is 1. The first-order valence-electron chi connectivity index (χ1n) is 5.98. The lowest BCUT2D eigenvalue weighted by atomic mass is 9.97. The van der Waals surface area contributed by atoms with Gasteiger partial charge in [-0.25, -0.2) is 4.39 Å². The van der Waals surface area contributed by atoms with E-state index in [0.29, 0.717) is 6.42 Å². The lowest BCUT2D eigenvalue weighted by Gasteiger charge is -2.14. The van der Waals surface area contributed by atoms with Crippen LogP contribution in [-0.2, 0) is 6.42 Å². The van der Waals surface area contributed by atoms with Gasteiger partial charge in [-0.1, -0.05) is 12.1 Å². The number of hydrogen-bond acceptors (Lipinski definition) is 2. The first kappa shape index (κ1) is 12.7. The minimum atomic E-state index is -0.217. The minimum absolute atomic E-state index is 0.155. The number of pyridine rings is 1. The lowest BCUT2D eigenvalue weighted by Crippen LogP contribution is -2.14. The van der Waals surface area contributed by atoms with E-state index in [1.807, 2.05) is 19.9 Å². The van der Waals surface area contributed by atoms with E-state index in [-0.39, 0.29) is 11.9 Å². The number of nitrogens with zero attached hydrogens (tertiary/aromatic N) is 1. The van der Waals surface area contributed by atoms with Crippen LogP contribution in [0.5, 0.6) is 0 Å². The molecule has 2 aromatic rings. The molecule has 0 spiro atoms. The Morgan fingerprint density at radius 3 is 2.72 bits per heavy atom. The van der Waals surface area contributed by atoms with Gasteiger partial charge in [-0.15, -0.1) is 0 Å². The highest BCUT2D eigenvalue weighted by molar-refractivity contribution is 5.29. The molecule has 0 aliphatic rings. The summed E-state index contributed by atoms with van der Waals surface area (Å²) in [6.07, 6.45) is 4.19. The summed E-state index contributed by atoms with van der Waals surface area (Å²) in [6, 6.07) is 6.67. The fourth-order valence-electron chi connectivity index (χ4n) is 2.00. The van der Waals surface area contributed by atoms with Gasteiger partial charge in [-0.05, 0) is 54.7 Å². The molecule has 0 bridgehead atoms. The van der Waals surface area contributed by atoms with E-state index in [9.17, 15) is 4.39 Å². The summed E-state index contributed by atoms with van der Waals surface area (Å²) in [5, 5.41) is 0. The maximum Gasteiger partial charge on any atom is 0.123 e. The molecule has 0 fully saturated rings. The van der Waals surface area contributed by atoms with Gasteiger partial charge in [-0.3, -0.25) is 4.98 Å². The SMILES string of the molecule is Cc1cncc(C(N)Cc2cc(F)ccc2C)c1. The fourth-order valence-corrected chi connectivity index (χ4v) is 2.00. The van der Waals surface area contributed by atoms with E-state index in [1.165, 1.54) is 6.07 Å². The van der Waals surface area contributed by atoms with Crippen LogP contribution < -0.4 is 5.73 Å². The van der Waals surface area contributed by atoms with Crippen molar-refractivity contribution in [1.82, 2.24) is 4.98 Å². The third kappa shape index (κ3) is 2.93. The molecule has 0 aliphatic heterocycles. The van der Waals surface area contributed by atoms with Gasteiger partial charge >= 0.3 is 0 Å². The molecule has 0 saturated heterocycles. The fraction of sp³-hybridized carbons (Fsp3) is 0.267. The molecule has 0 saturated carbocycles. The molecule has 0 aliphatic carbocycles. The maximum atomic E-state index is 13.2. The summed E-state index contributed by atoms with van der Waals surface area (Å²) in [7, 11) is 0. The number of rotatable bonds is 3. The Morgan fingerprint density at radius 1 is 1.22 bits per heavy atom. The minimum Gasteiger partial charge on any atom is -0.324 e. The van der Waals surface area contributed by atoms with Gasteiger partial charge in [0.05, 0.1) is 0 Å². The van der Waals surface area contributed by atoms with E-state index in [4.69, 9.17) is 5.73 Å². The van der Waals surface area contributed by atoms with Crippen molar-refractivity contribution in [3.63, 3.8) is 0 Å². The van der Waals surface area contributed by atoms with Crippen LogP contribution >= 0.6 is 0 Å². The summed E-state index contributed by atoms with van der Waals surface area (Å²) >= 11 is 0. The van der Waals surface area contributed by atoms with E-state index in [1.54, 1.807) is 24.5 Å². The second-order valence-electron chi connectivity index (χ2n) is 4.68. The number of benzene rings is 1. The van der Waals surface area contributed by atoms with Crippen LogP contribution in [0, 0.1) is 19.7 Å². The molecule has 2 nitrogen and oxygen atoms in total. The number of aryl methyl sites for hydroxylation is 2. The van der Waals surface area contributed by atoms with Crippen LogP contribution in [0.25, 0.3) is 0 Å². The highest BCUT2D eigenvalue weighted by atomic mass is 19.1. The first-order valence-corrected chi connectivity index (χ1v) is 5.98. The molecular weight excluding hydrogens is 227 g/mol. The standard InChI is InChI=1S/C15H17FN2/c1-10-5-13(9-18-8-10)15(17)7-12-6-14(16)4-3-11(12)2/h3-6,8-9,15H,7,17H2,1-2H3. The summed E-state index contributed by atoms with van der Waals surface area (Å²) in [4.78, 5) is 4.13. The Bertz CT molecular complexity index is 552. The quantitative estimate of drug-likeness (QED) is 0.901. The zero-order valence-corrected chi connectivity index (χ0v) is 10.7. The van der Waals surface area contributed by atoms with Crippen LogP contribution in [0.1, 0.15) is 28.3 Å². The van der Waals surface area contributed by atoms with Crippen LogP contribution in [0.4, 0.5) is 4.39 Å². The van der Waals surface area contributed by atoms with E-state index < -0.39 is 0 Å². The predicted octanol–water partition coefficient (Wildman–Crippen LogP) is 3.08. The zero-order valence-electron chi connectivity index (χ0n) is 10.7. The third-order valence-corrected chi connectivity index (χ3v) is 3.08. The Hall–Kier alpha value is -1.74. The van der Waals surface area contributed by atoms with Crippen LogP contribution in [0.3, 0.4) is 0 Å². The highest BCUT2D eigenvalue weighted by Gasteiger charge is 2.10. The maximum absolute atomic E-state index is 13.2. The van der Waals surface area contributed by atoms with Crippen molar-refractivity contribution in [2.75, 3.05) is 0 Å². The van der Waals surface area contributed by atoms with Crippen molar-refractivity contribution in [3.8, 4) is 0 Å². The van der Waals surface area contributed by atoms with E-state index in [2.05, 4.69) is 4.98 Å². The summed E-state index contributed by atoms with van der Waals surface area (Å²) in [5.41, 5.74) is 10.2. The van der Waals surface area contributed by atoms with Gasteiger partial charge in [0.25, 0.3) is 0 Å². The smallest absolute Gasteiger partial charge is 0.123 e. The molecular formula is C15H17FN2. The molecule has 1 aromatic heterocycles. The monoisotopic (exact) mass is 244 g/mol. The molecule has 1 heterocycles. The number of aromatic nitrogens is 1. The average Bonchev–Trinajstić information content (AvgIpc) is 2.34.